The van der Waals surface area contributed by atoms with Gasteiger partial charge in [0, 0.05) is 11.1 Å². The molecular weight excluding hydrogens is 344 g/mol. The van der Waals surface area contributed by atoms with E-state index in [1.807, 2.05) is 98.8 Å². The first-order valence-corrected chi connectivity index (χ1v) is 9.29. The number of hydrogen-bond donors (Lipinski definition) is 0. The summed E-state index contributed by atoms with van der Waals surface area (Å²) in [7, 11) is 0. The molecule has 0 amide bonds. The van der Waals surface area contributed by atoms with Crippen molar-refractivity contribution < 1.29 is 9.59 Å². The lowest BCUT2D eigenvalue weighted by Crippen LogP contribution is -2.11. The molecule has 2 aliphatic rings. The standard InChI is InChI=1S/C26H20O2/c1-17-13-21(15-23(25(17)27)19-9-5-3-6-10-19)22-14-18(2)26(28)24(16-22)20-11-7-4-8-12-20/h3-16H,1-2H3/b22-21-. The summed E-state index contributed by atoms with van der Waals surface area (Å²) in [6, 6.07) is 19.4. The Kier molecular flexibility index (Phi) is 4.62. The van der Waals surface area contributed by atoms with Crippen LogP contribution in [0.3, 0.4) is 0 Å². The molecule has 2 aliphatic carbocycles. The summed E-state index contributed by atoms with van der Waals surface area (Å²) in [5, 5.41) is 0. The highest BCUT2D eigenvalue weighted by molar-refractivity contribution is 6.31. The van der Waals surface area contributed by atoms with Crippen LogP contribution in [0.4, 0.5) is 0 Å². The molecule has 2 nitrogen and oxygen atoms in total. The van der Waals surface area contributed by atoms with Gasteiger partial charge in [0.2, 0.25) is 0 Å². The van der Waals surface area contributed by atoms with Gasteiger partial charge in [0.1, 0.15) is 0 Å². The molecule has 0 spiro atoms. The summed E-state index contributed by atoms with van der Waals surface area (Å²) in [5.74, 6) is 0.0748. The molecule has 136 valence electrons. The van der Waals surface area contributed by atoms with Crippen LogP contribution in [0.2, 0.25) is 0 Å². The van der Waals surface area contributed by atoms with Crippen molar-refractivity contribution in [2.24, 2.45) is 0 Å². The summed E-state index contributed by atoms with van der Waals surface area (Å²) >= 11 is 0. The van der Waals surface area contributed by atoms with Crippen molar-refractivity contribution in [2.45, 2.75) is 13.8 Å². The van der Waals surface area contributed by atoms with E-state index in [1.165, 1.54) is 0 Å². The van der Waals surface area contributed by atoms with Gasteiger partial charge in [0.05, 0.1) is 0 Å². The van der Waals surface area contributed by atoms with Crippen LogP contribution < -0.4 is 0 Å². The minimum absolute atomic E-state index is 0.0374. The zero-order valence-corrected chi connectivity index (χ0v) is 15.9. The van der Waals surface area contributed by atoms with Gasteiger partial charge < -0.3 is 0 Å². The maximum atomic E-state index is 12.7. The van der Waals surface area contributed by atoms with Gasteiger partial charge >= 0.3 is 0 Å². The Balaban J connectivity index is 1.89. The fourth-order valence-corrected chi connectivity index (χ4v) is 3.55. The third-order valence-electron chi connectivity index (χ3n) is 5.05. The van der Waals surface area contributed by atoms with E-state index in [0.29, 0.717) is 22.3 Å². The second kappa shape index (κ2) is 7.24. The summed E-state index contributed by atoms with van der Waals surface area (Å²) in [6.45, 7) is 3.68. The van der Waals surface area contributed by atoms with Crippen LogP contribution in [-0.4, -0.2) is 11.6 Å². The summed E-state index contributed by atoms with van der Waals surface area (Å²) in [4.78, 5) is 25.4. The first-order valence-electron chi connectivity index (χ1n) is 9.29. The minimum atomic E-state index is 0.0374. The van der Waals surface area contributed by atoms with Crippen molar-refractivity contribution in [3.63, 3.8) is 0 Å². The minimum Gasteiger partial charge on any atom is -0.289 e. The van der Waals surface area contributed by atoms with E-state index in [9.17, 15) is 9.59 Å². The highest BCUT2D eigenvalue weighted by atomic mass is 16.1. The largest absolute Gasteiger partial charge is 0.289 e. The molecule has 0 N–H and O–H groups in total. The maximum absolute atomic E-state index is 12.7. The molecule has 0 atom stereocenters. The molecule has 0 radical (unpaired) electrons. The zero-order chi connectivity index (χ0) is 19.7. The van der Waals surface area contributed by atoms with Gasteiger partial charge in [-0.25, -0.2) is 0 Å². The quantitative estimate of drug-likeness (QED) is 0.704. The smallest absolute Gasteiger partial charge is 0.189 e. The van der Waals surface area contributed by atoms with Crippen LogP contribution in [0.15, 0.2) is 107 Å². The zero-order valence-electron chi connectivity index (χ0n) is 15.9. The van der Waals surface area contributed by atoms with Crippen molar-refractivity contribution in [1.82, 2.24) is 0 Å². The second-order valence-electron chi connectivity index (χ2n) is 7.07. The topological polar surface area (TPSA) is 34.1 Å². The van der Waals surface area contributed by atoms with E-state index in [4.69, 9.17) is 0 Å². The highest BCUT2D eigenvalue weighted by Gasteiger charge is 2.23. The fourth-order valence-electron chi connectivity index (χ4n) is 3.55. The molecule has 0 aromatic heterocycles. The Morgan fingerprint density at radius 3 is 1.21 bits per heavy atom. The van der Waals surface area contributed by atoms with Crippen LogP contribution in [0.25, 0.3) is 11.1 Å². The summed E-state index contributed by atoms with van der Waals surface area (Å²) < 4.78 is 0. The average molecular weight is 364 g/mol. The Bertz CT molecular complexity index is 1030. The van der Waals surface area contributed by atoms with Gasteiger partial charge in [-0.15, -0.1) is 0 Å². The van der Waals surface area contributed by atoms with Crippen molar-refractivity contribution in [3.8, 4) is 0 Å². The van der Waals surface area contributed by atoms with Crippen molar-refractivity contribution in [3.05, 3.63) is 118 Å². The van der Waals surface area contributed by atoms with E-state index in [-0.39, 0.29) is 11.6 Å². The molecule has 0 saturated heterocycles. The number of benzene rings is 2. The van der Waals surface area contributed by atoms with E-state index in [2.05, 4.69) is 0 Å². The van der Waals surface area contributed by atoms with E-state index < -0.39 is 0 Å². The van der Waals surface area contributed by atoms with Crippen molar-refractivity contribution in [2.75, 3.05) is 0 Å². The van der Waals surface area contributed by atoms with Crippen LogP contribution in [0.5, 0.6) is 0 Å². The first kappa shape index (κ1) is 17.9. The molecular formula is C26H20O2. The molecule has 4 rings (SSSR count). The lowest BCUT2D eigenvalue weighted by atomic mass is 9.84. The molecule has 0 unspecified atom stereocenters. The maximum Gasteiger partial charge on any atom is 0.189 e. The van der Waals surface area contributed by atoms with Gasteiger partial charge in [-0.05, 0) is 71.6 Å². The van der Waals surface area contributed by atoms with E-state index in [1.54, 1.807) is 0 Å². The summed E-state index contributed by atoms with van der Waals surface area (Å²) in [5.41, 5.74) is 6.44. The Hall–Kier alpha value is -3.52. The summed E-state index contributed by atoms with van der Waals surface area (Å²) in [6.07, 6.45) is 7.67. The third-order valence-corrected chi connectivity index (χ3v) is 5.05. The molecule has 0 aliphatic heterocycles. The molecule has 0 bridgehead atoms. The second-order valence-corrected chi connectivity index (χ2v) is 7.07. The number of Topliss-reactive ketones (excluding diaryl/α,β-unsaturated/α-hetero) is 2. The van der Waals surface area contributed by atoms with Gasteiger partial charge in [-0.2, -0.15) is 0 Å². The lowest BCUT2D eigenvalue weighted by Gasteiger charge is -2.18. The number of rotatable bonds is 2. The monoisotopic (exact) mass is 364 g/mol. The molecule has 28 heavy (non-hydrogen) atoms. The Morgan fingerprint density at radius 2 is 0.857 bits per heavy atom. The lowest BCUT2D eigenvalue weighted by molar-refractivity contribution is -0.111. The molecule has 0 saturated carbocycles. The van der Waals surface area contributed by atoms with Gasteiger partial charge in [-0.1, -0.05) is 60.7 Å². The van der Waals surface area contributed by atoms with E-state index >= 15 is 0 Å². The van der Waals surface area contributed by atoms with E-state index in [0.717, 1.165) is 22.3 Å². The SMILES string of the molecule is CC1=C/C(=C2\C=C(C)C(=O)C(c3ccccc3)=C2)C=C(c2ccccc2)C1=O. The molecule has 2 aromatic rings. The number of hydrogen-bond acceptors (Lipinski definition) is 2. The molecule has 2 heteroatoms. The predicted molar refractivity (Wildman–Crippen MR) is 113 cm³/mol. The van der Waals surface area contributed by atoms with Crippen LogP contribution in [0, 0.1) is 0 Å². The number of ketones is 2. The Labute approximate surface area is 164 Å². The normalized spacial score (nSPS) is 19.6. The Morgan fingerprint density at radius 1 is 0.500 bits per heavy atom. The number of allylic oxidation sites excluding steroid dienone is 10. The van der Waals surface area contributed by atoms with Crippen LogP contribution in [-0.2, 0) is 9.59 Å². The number of carbonyl (C=O) groups excluding carboxylic acids is 2. The first-order chi connectivity index (χ1) is 13.5. The molecule has 0 fully saturated rings. The molecule has 2 aromatic carbocycles. The van der Waals surface area contributed by atoms with Gasteiger partial charge in [0.15, 0.2) is 11.6 Å². The molecule has 0 heterocycles. The van der Waals surface area contributed by atoms with Gasteiger partial charge in [-0.3, -0.25) is 9.59 Å². The van der Waals surface area contributed by atoms with Crippen molar-refractivity contribution in [1.29, 1.82) is 0 Å². The highest BCUT2D eigenvalue weighted by Crippen LogP contribution is 2.33. The predicted octanol–water partition coefficient (Wildman–Crippen LogP) is 5.51. The third kappa shape index (κ3) is 3.25. The van der Waals surface area contributed by atoms with Crippen LogP contribution in [0.1, 0.15) is 25.0 Å². The average Bonchev–Trinajstić information content (AvgIpc) is 2.73. The fraction of sp³-hybridized carbons (Fsp3) is 0.0769. The number of carbonyl (C=O) groups is 2. The van der Waals surface area contributed by atoms with Crippen LogP contribution >= 0.6 is 0 Å². The van der Waals surface area contributed by atoms with Gasteiger partial charge in [0.25, 0.3) is 0 Å². The van der Waals surface area contributed by atoms with Crippen molar-refractivity contribution >= 4 is 22.7 Å².